The SMILES string of the molecule is CC(C)CC(C)(C)OCC(C)CC(C)(C)O. The first-order valence-corrected chi connectivity index (χ1v) is 6.38. The van der Waals surface area contributed by atoms with Crippen molar-refractivity contribution in [2.45, 2.75) is 72.5 Å². The molecular formula is C14H30O2. The highest BCUT2D eigenvalue weighted by molar-refractivity contribution is 4.73. The first kappa shape index (κ1) is 15.9. The third-order valence-corrected chi connectivity index (χ3v) is 2.51. The van der Waals surface area contributed by atoms with Crippen LogP contribution in [0.25, 0.3) is 0 Å². The van der Waals surface area contributed by atoms with Gasteiger partial charge in [0.1, 0.15) is 0 Å². The Kier molecular flexibility index (Phi) is 5.99. The van der Waals surface area contributed by atoms with Gasteiger partial charge in [-0.3, -0.25) is 0 Å². The van der Waals surface area contributed by atoms with Crippen molar-refractivity contribution >= 4 is 0 Å². The molecule has 1 atom stereocenters. The van der Waals surface area contributed by atoms with Gasteiger partial charge in [0.25, 0.3) is 0 Å². The van der Waals surface area contributed by atoms with Crippen LogP contribution >= 0.6 is 0 Å². The fourth-order valence-corrected chi connectivity index (χ4v) is 2.32. The second kappa shape index (κ2) is 6.02. The van der Waals surface area contributed by atoms with Crippen molar-refractivity contribution in [2.75, 3.05) is 6.61 Å². The zero-order chi connectivity index (χ0) is 13.0. The molecule has 0 heterocycles. The second-order valence-electron chi connectivity index (χ2n) is 6.79. The Labute approximate surface area is 101 Å². The van der Waals surface area contributed by atoms with E-state index in [1.807, 2.05) is 13.8 Å². The number of ether oxygens (including phenoxy) is 1. The van der Waals surface area contributed by atoms with Gasteiger partial charge < -0.3 is 9.84 Å². The molecule has 0 spiro atoms. The highest BCUT2D eigenvalue weighted by atomic mass is 16.5. The highest BCUT2D eigenvalue weighted by Crippen LogP contribution is 2.23. The third-order valence-electron chi connectivity index (χ3n) is 2.51. The minimum Gasteiger partial charge on any atom is -0.390 e. The molecule has 16 heavy (non-hydrogen) atoms. The first-order chi connectivity index (χ1) is 7.02. The summed E-state index contributed by atoms with van der Waals surface area (Å²) in [6.45, 7) is 15.3. The van der Waals surface area contributed by atoms with Crippen LogP contribution < -0.4 is 0 Å². The summed E-state index contributed by atoms with van der Waals surface area (Å²) < 4.78 is 5.94. The summed E-state index contributed by atoms with van der Waals surface area (Å²) >= 11 is 0. The van der Waals surface area contributed by atoms with E-state index in [0.29, 0.717) is 11.8 Å². The zero-order valence-electron chi connectivity index (χ0n) is 12.1. The molecule has 0 aliphatic rings. The molecule has 0 saturated carbocycles. The smallest absolute Gasteiger partial charge is 0.0629 e. The lowest BCUT2D eigenvalue weighted by Crippen LogP contribution is -2.31. The Bertz CT molecular complexity index is 189. The third kappa shape index (κ3) is 9.17. The lowest BCUT2D eigenvalue weighted by atomic mass is 9.94. The molecule has 1 N–H and O–H groups in total. The van der Waals surface area contributed by atoms with E-state index in [1.165, 1.54) is 0 Å². The Morgan fingerprint density at radius 2 is 1.50 bits per heavy atom. The maximum atomic E-state index is 9.71. The van der Waals surface area contributed by atoms with Crippen LogP contribution in [0.1, 0.15) is 61.3 Å². The molecule has 98 valence electrons. The molecule has 0 bridgehead atoms. The van der Waals surface area contributed by atoms with Crippen LogP contribution in [0.3, 0.4) is 0 Å². The molecule has 0 fully saturated rings. The molecule has 0 rings (SSSR count). The second-order valence-corrected chi connectivity index (χ2v) is 6.79. The van der Waals surface area contributed by atoms with Crippen LogP contribution in [-0.2, 0) is 4.74 Å². The van der Waals surface area contributed by atoms with Crippen molar-refractivity contribution in [1.29, 1.82) is 0 Å². The lowest BCUT2D eigenvalue weighted by molar-refractivity contribution is -0.0571. The van der Waals surface area contributed by atoms with Gasteiger partial charge in [-0.05, 0) is 52.4 Å². The van der Waals surface area contributed by atoms with Gasteiger partial charge >= 0.3 is 0 Å². The molecule has 2 nitrogen and oxygen atoms in total. The van der Waals surface area contributed by atoms with E-state index in [0.717, 1.165) is 19.4 Å². The largest absolute Gasteiger partial charge is 0.390 e. The highest BCUT2D eigenvalue weighted by Gasteiger charge is 2.23. The normalized spacial score (nSPS) is 15.6. The zero-order valence-corrected chi connectivity index (χ0v) is 12.1. The van der Waals surface area contributed by atoms with Gasteiger partial charge in [-0.1, -0.05) is 20.8 Å². The standard InChI is InChI=1S/C14H30O2/c1-11(2)8-14(6,7)16-10-12(3)9-13(4,5)15/h11-12,15H,8-10H2,1-7H3. The number of hydrogen-bond acceptors (Lipinski definition) is 2. The van der Waals surface area contributed by atoms with E-state index in [-0.39, 0.29) is 5.60 Å². The molecule has 2 heteroatoms. The van der Waals surface area contributed by atoms with Crippen molar-refractivity contribution in [2.24, 2.45) is 11.8 Å². The van der Waals surface area contributed by atoms with Crippen molar-refractivity contribution < 1.29 is 9.84 Å². The fraction of sp³-hybridized carbons (Fsp3) is 1.00. The van der Waals surface area contributed by atoms with Crippen LogP contribution in [-0.4, -0.2) is 22.9 Å². The van der Waals surface area contributed by atoms with Crippen LogP contribution in [0.2, 0.25) is 0 Å². The van der Waals surface area contributed by atoms with E-state index in [1.54, 1.807) is 0 Å². The molecule has 0 aromatic carbocycles. The lowest BCUT2D eigenvalue weighted by Gasteiger charge is -2.30. The van der Waals surface area contributed by atoms with Gasteiger partial charge in [0.2, 0.25) is 0 Å². The summed E-state index contributed by atoms with van der Waals surface area (Å²) in [4.78, 5) is 0. The molecule has 0 aliphatic carbocycles. The predicted octanol–water partition coefficient (Wildman–Crippen LogP) is 3.62. The van der Waals surface area contributed by atoms with Crippen LogP contribution in [0.4, 0.5) is 0 Å². The summed E-state index contributed by atoms with van der Waals surface area (Å²) in [6, 6.07) is 0. The maximum Gasteiger partial charge on any atom is 0.0629 e. The molecule has 0 saturated heterocycles. The predicted molar refractivity (Wildman–Crippen MR) is 69.6 cm³/mol. The average molecular weight is 230 g/mol. The van der Waals surface area contributed by atoms with Crippen LogP contribution in [0.5, 0.6) is 0 Å². The minimum absolute atomic E-state index is 0.0535. The maximum absolute atomic E-state index is 9.71. The monoisotopic (exact) mass is 230 g/mol. The molecule has 0 aromatic heterocycles. The van der Waals surface area contributed by atoms with E-state index in [9.17, 15) is 5.11 Å². The topological polar surface area (TPSA) is 29.5 Å². The number of rotatable bonds is 7. The van der Waals surface area contributed by atoms with Gasteiger partial charge in [0.15, 0.2) is 0 Å². The van der Waals surface area contributed by atoms with E-state index in [2.05, 4.69) is 34.6 Å². The number of hydrogen-bond donors (Lipinski definition) is 1. The van der Waals surface area contributed by atoms with E-state index >= 15 is 0 Å². The Morgan fingerprint density at radius 3 is 1.88 bits per heavy atom. The van der Waals surface area contributed by atoms with Gasteiger partial charge in [0.05, 0.1) is 11.2 Å². The first-order valence-electron chi connectivity index (χ1n) is 6.38. The van der Waals surface area contributed by atoms with E-state index in [4.69, 9.17) is 4.74 Å². The van der Waals surface area contributed by atoms with Gasteiger partial charge in [-0.25, -0.2) is 0 Å². The summed E-state index contributed by atoms with van der Waals surface area (Å²) in [6.07, 6.45) is 1.85. The molecular weight excluding hydrogens is 200 g/mol. The molecule has 1 unspecified atom stereocenters. The van der Waals surface area contributed by atoms with Crippen molar-refractivity contribution in [3.05, 3.63) is 0 Å². The summed E-state index contributed by atoms with van der Waals surface area (Å²) in [7, 11) is 0. The van der Waals surface area contributed by atoms with Gasteiger partial charge in [-0.15, -0.1) is 0 Å². The van der Waals surface area contributed by atoms with Crippen molar-refractivity contribution in [3.63, 3.8) is 0 Å². The van der Waals surface area contributed by atoms with E-state index < -0.39 is 5.60 Å². The van der Waals surface area contributed by atoms with Crippen LogP contribution in [0, 0.1) is 11.8 Å². The van der Waals surface area contributed by atoms with Gasteiger partial charge in [-0.2, -0.15) is 0 Å². The number of aliphatic hydroxyl groups is 1. The Hall–Kier alpha value is -0.0800. The summed E-state index contributed by atoms with van der Waals surface area (Å²) in [5.41, 5.74) is -0.646. The minimum atomic E-state index is -0.592. The Balaban J connectivity index is 3.95. The fourth-order valence-electron chi connectivity index (χ4n) is 2.32. The van der Waals surface area contributed by atoms with Crippen molar-refractivity contribution in [1.82, 2.24) is 0 Å². The molecule has 0 aliphatic heterocycles. The van der Waals surface area contributed by atoms with Gasteiger partial charge in [0, 0.05) is 6.61 Å². The summed E-state index contributed by atoms with van der Waals surface area (Å²) in [5, 5.41) is 9.71. The summed E-state index contributed by atoms with van der Waals surface area (Å²) in [5.74, 6) is 1.05. The molecule has 0 radical (unpaired) electrons. The quantitative estimate of drug-likeness (QED) is 0.724. The van der Waals surface area contributed by atoms with Crippen LogP contribution in [0.15, 0.2) is 0 Å². The van der Waals surface area contributed by atoms with Crippen molar-refractivity contribution in [3.8, 4) is 0 Å². The Morgan fingerprint density at radius 1 is 1.00 bits per heavy atom. The molecule has 0 amide bonds. The molecule has 0 aromatic rings. The average Bonchev–Trinajstić information content (AvgIpc) is 1.95.